The topological polar surface area (TPSA) is 12.0 Å². The van der Waals surface area contributed by atoms with Crippen LogP contribution in [0.1, 0.15) is 11.1 Å². The highest BCUT2D eigenvalue weighted by atomic mass is 127. The van der Waals surface area contributed by atoms with E-state index in [-0.39, 0.29) is 5.82 Å². The highest BCUT2D eigenvalue weighted by Gasteiger charge is 2.04. The minimum absolute atomic E-state index is 0.194. The SMILES string of the molecule is Cc1cc(I)ccc1NCc1ccc(Br)cc1F. The maximum absolute atomic E-state index is 13.6. The van der Waals surface area contributed by atoms with Gasteiger partial charge >= 0.3 is 0 Å². The number of rotatable bonds is 3. The van der Waals surface area contributed by atoms with E-state index in [0.717, 1.165) is 10.2 Å². The fourth-order valence-corrected chi connectivity index (χ4v) is 2.66. The quantitative estimate of drug-likeness (QED) is 0.681. The molecule has 0 spiro atoms. The minimum atomic E-state index is -0.194. The van der Waals surface area contributed by atoms with Crippen molar-refractivity contribution >= 4 is 44.2 Å². The summed E-state index contributed by atoms with van der Waals surface area (Å²) in [5.74, 6) is -0.194. The molecule has 0 heterocycles. The molecule has 0 aliphatic carbocycles. The van der Waals surface area contributed by atoms with E-state index >= 15 is 0 Å². The predicted octanol–water partition coefficient (Wildman–Crippen LogP) is 5.11. The zero-order valence-corrected chi connectivity index (χ0v) is 13.5. The summed E-state index contributed by atoms with van der Waals surface area (Å²) in [5, 5.41) is 3.26. The summed E-state index contributed by atoms with van der Waals surface area (Å²) in [6.45, 7) is 2.53. The van der Waals surface area contributed by atoms with Gasteiger partial charge < -0.3 is 5.32 Å². The number of hydrogen-bond donors (Lipinski definition) is 1. The van der Waals surface area contributed by atoms with Crippen LogP contribution in [0.2, 0.25) is 0 Å². The zero-order chi connectivity index (χ0) is 13.1. The maximum atomic E-state index is 13.6. The third-order valence-electron chi connectivity index (χ3n) is 2.67. The molecule has 4 heteroatoms. The van der Waals surface area contributed by atoms with Crippen molar-refractivity contribution in [3.8, 4) is 0 Å². The van der Waals surface area contributed by atoms with Crippen molar-refractivity contribution in [1.82, 2.24) is 0 Å². The first kappa shape index (κ1) is 13.8. The van der Waals surface area contributed by atoms with Gasteiger partial charge in [-0.15, -0.1) is 0 Å². The standard InChI is InChI=1S/C14H12BrFIN/c1-9-6-12(17)4-5-14(9)18-8-10-2-3-11(15)7-13(10)16/h2-7,18H,8H2,1H3. The molecular weight excluding hydrogens is 408 g/mol. The molecule has 0 atom stereocenters. The van der Waals surface area contributed by atoms with Crippen molar-refractivity contribution in [2.75, 3.05) is 5.32 Å². The van der Waals surface area contributed by atoms with Gasteiger partial charge in [-0.05, 0) is 65.4 Å². The second-order valence-corrected chi connectivity index (χ2v) is 6.21. The molecule has 2 aromatic carbocycles. The van der Waals surface area contributed by atoms with Gasteiger partial charge in [0.2, 0.25) is 0 Å². The molecule has 0 radical (unpaired) electrons. The monoisotopic (exact) mass is 419 g/mol. The molecule has 2 rings (SSSR count). The van der Waals surface area contributed by atoms with Gasteiger partial charge in [0.05, 0.1) is 0 Å². The summed E-state index contributed by atoms with van der Waals surface area (Å²) in [5.41, 5.74) is 2.87. The average molecular weight is 420 g/mol. The Labute approximate surface area is 128 Å². The lowest BCUT2D eigenvalue weighted by atomic mass is 10.1. The van der Waals surface area contributed by atoms with Crippen LogP contribution >= 0.6 is 38.5 Å². The van der Waals surface area contributed by atoms with Gasteiger partial charge in [-0.25, -0.2) is 4.39 Å². The second-order valence-electron chi connectivity index (χ2n) is 4.05. The van der Waals surface area contributed by atoms with E-state index in [2.05, 4.69) is 49.9 Å². The normalized spacial score (nSPS) is 10.4. The predicted molar refractivity (Wildman–Crippen MR) is 85.3 cm³/mol. The van der Waals surface area contributed by atoms with Crippen LogP contribution in [0.4, 0.5) is 10.1 Å². The molecule has 0 fully saturated rings. The van der Waals surface area contributed by atoms with E-state index in [9.17, 15) is 4.39 Å². The Morgan fingerprint density at radius 1 is 1.22 bits per heavy atom. The molecule has 0 bridgehead atoms. The fraction of sp³-hybridized carbons (Fsp3) is 0.143. The van der Waals surface area contributed by atoms with Crippen LogP contribution < -0.4 is 5.32 Å². The molecule has 0 amide bonds. The van der Waals surface area contributed by atoms with Crippen LogP contribution in [0, 0.1) is 16.3 Å². The largest absolute Gasteiger partial charge is 0.381 e. The van der Waals surface area contributed by atoms with Crippen LogP contribution in [-0.2, 0) is 6.54 Å². The Morgan fingerprint density at radius 2 is 2.00 bits per heavy atom. The Kier molecular flexibility index (Phi) is 4.61. The van der Waals surface area contributed by atoms with Crippen LogP contribution in [0.3, 0.4) is 0 Å². The molecule has 0 saturated carbocycles. The van der Waals surface area contributed by atoms with Gasteiger partial charge in [0.15, 0.2) is 0 Å². The summed E-state index contributed by atoms with van der Waals surface area (Å²) >= 11 is 5.53. The molecule has 0 aliphatic rings. The summed E-state index contributed by atoms with van der Waals surface area (Å²) in [4.78, 5) is 0. The van der Waals surface area contributed by atoms with Gasteiger partial charge in [0, 0.05) is 25.8 Å². The van der Waals surface area contributed by atoms with Crippen LogP contribution in [0.25, 0.3) is 0 Å². The first-order chi connectivity index (χ1) is 8.56. The van der Waals surface area contributed by atoms with Gasteiger partial charge in [0.25, 0.3) is 0 Å². The Morgan fingerprint density at radius 3 is 2.67 bits per heavy atom. The number of hydrogen-bond acceptors (Lipinski definition) is 1. The van der Waals surface area contributed by atoms with Crippen molar-refractivity contribution < 1.29 is 4.39 Å². The molecule has 2 aromatic rings. The van der Waals surface area contributed by atoms with Gasteiger partial charge in [-0.3, -0.25) is 0 Å². The Bertz CT molecular complexity index is 520. The summed E-state index contributed by atoms with van der Waals surface area (Å²) in [6.07, 6.45) is 0. The van der Waals surface area contributed by atoms with Gasteiger partial charge in [0.1, 0.15) is 5.82 Å². The first-order valence-corrected chi connectivity index (χ1v) is 7.37. The van der Waals surface area contributed by atoms with Crippen molar-refractivity contribution in [2.45, 2.75) is 13.5 Å². The summed E-state index contributed by atoms with van der Waals surface area (Å²) in [7, 11) is 0. The smallest absolute Gasteiger partial charge is 0.129 e. The lowest BCUT2D eigenvalue weighted by Crippen LogP contribution is -2.03. The highest BCUT2D eigenvalue weighted by molar-refractivity contribution is 14.1. The van der Waals surface area contributed by atoms with Crippen molar-refractivity contribution in [3.05, 3.63) is 61.4 Å². The molecule has 0 aromatic heterocycles. The van der Waals surface area contributed by atoms with Crippen LogP contribution in [0.15, 0.2) is 40.9 Å². The molecule has 0 unspecified atom stereocenters. The number of aryl methyl sites for hydroxylation is 1. The van der Waals surface area contributed by atoms with Crippen molar-refractivity contribution in [1.29, 1.82) is 0 Å². The van der Waals surface area contributed by atoms with E-state index in [0.29, 0.717) is 12.1 Å². The highest BCUT2D eigenvalue weighted by Crippen LogP contribution is 2.20. The first-order valence-electron chi connectivity index (χ1n) is 5.50. The second kappa shape index (κ2) is 6.02. The van der Waals surface area contributed by atoms with Gasteiger partial charge in [-0.2, -0.15) is 0 Å². The zero-order valence-electron chi connectivity index (χ0n) is 9.81. The van der Waals surface area contributed by atoms with Crippen molar-refractivity contribution in [3.63, 3.8) is 0 Å². The van der Waals surface area contributed by atoms with E-state index in [1.165, 1.54) is 15.2 Å². The number of anilines is 1. The van der Waals surface area contributed by atoms with E-state index in [1.807, 2.05) is 25.1 Å². The van der Waals surface area contributed by atoms with Crippen molar-refractivity contribution in [2.24, 2.45) is 0 Å². The maximum Gasteiger partial charge on any atom is 0.129 e. The van der Waals surface area contributed by atoms with E-state index in [4.69, 9.17) is 0 Å². The molecule has 94 valence electrons. The van der Waals surface area contributed by atoms with E-state index in [1.54, 1.807) is 6.07 Å². The number of nitrogens with one attached hydrogen (secondary N) is 1. The van der Waals surface area contributed by atoms with Crippen LogP contribution in [-0.4, -0.2) is 0 Å². The average Bonchev–Trinajstić information content (AvgIpc) is 2.30. The minimum Gasteiger partial charge on any atom is -0.381 e. The third kappa shape index (κ3) is 3.45. The van der Waals surface area contributed by atoms with Gasteiger partial charge in [-0.1, -0.05) is 22.0 Å². The summed E-state index contributed by atoms with van der Waals surface area (Å²) in [6, 6.07) is 11.3. The van der Waals surface area contributed by atoms with E-state index < -0.39 is 0 Å². The molecular formula is C14H12BrFIN. The fourth-order valence-electron chi connectivity index (χ4n) is 1.68. The molecule has 1 nitrogen and oxygen atoms in total. The third-order valence-corrected chi connectivity index (χ3v) is 3.84. The Hall–Kier alpha value is -0.620. The number of halogens is 3. The molecule has 0 aliphatic heterocycles. The lowest BCUT2D eigenvalue weighted by molar-refractivity contribution is 0.612. The van der Waals surface area contributed by atoms with Crippen LogP contribution in [0.5, 0.6) is 0 Å². The Balaban J connectivity index is 2.11. The number of benzene rings is 2. The summed E-state index contributed by atoms with van der Waals surface area (Å²) < 4.78 is 15.6. The molecule has 0 saturated heterocycles. The lowest BCUT2D eigenvalue weighted by Gasteiger charge is -2.10. The molecule has 1 N–H and O–H groups in total. The molecule has 18 heavy (non-hydrogen) atoms.